The molecule has 1 atom stereocenters. The summed E-state index contributed by atoms with van der Waals surface area (Å²) in [6.07, 6.45) is 6.00. The first-order valence-corrected chi connectivity index (χ1v) is 12.8. The van der Waals surface area contributed by atoms with E-state index < -0.39 is 6.04 Å². The lowest BCUT2D eigenvalue weighted by atomic mass is 9.95. The van der Waals surface area contributed by atoms with Crippen LogP contribution in [0.3, 0.4) is 0 Å². The first-order valence-electron chi connectivity index (χ1n) is 11.5. The van der Waals surface area contributed by atoms with Crippen molar-refractivity contribution in [2.75, 3.05) is 5.75 Å². The fraction of sp³-hybridized carbons (Fsp3) is 0.462. The van der Waals surface area contributed by atoms with Gasteiger partial charge in [0.15, 0.2) is 0 Å². The predicted molar refractivity (Wildman–Crippen MR) is 133 cm³/mol. The zero-order chi connectivity index (χ0) is 22.9. The van der Waals surface area contributed by atoms with Crippen LogP contribution in [0.15, 0.2) is 53.4 Å². The molecule has 0 radical (unpaired) electrons. The van der Waals surface area contributed by atoms with Gasteiger partial charge in [0.25, 0.3) is 0 Å². The van der Waals surface area contributed by atoms with Gasteiger partial charge in [0.1, 0.15) is 6.04 Å². The van der Waals surface area contributed by atoms with E-state index in [-0.39, 0.29) is 17.9 Å². The van der Waals surface area contributed by atoms with Crippen molar-refractivity contribution in [3.05, 3.63) is 64.7 Å². The quantitative estimate of drug-likeness (QED) is 0.455. The molecule has 0 spiro atoms. The highest BCUT2D eigenvalue weighted by Crippen LogP contribution is 2.22. The number of carbonyl (C=O) groups is 2. The number of benzene rings is 2. The maximum atomic E-state index is 13.2. The van der Waals surface area contributed by atoms with Crippen molar-refractivity contribution in [3.8, 4) is 0 Å². The van der Waals surface area contributed by atoms with Gasteiger partial charge >= 0.3 is 0 Å². The molecule has 1 N–H and O–H groups in total. The molecule has 6 heteroatoms. The highest BCUT2D eigenvalue weighted by atomic mass is 35.5. The van der Waals surface area contributed by atoms with Gasteiger partial charge in [-0.1, -0.05) is 60.7 Å². The standard InChI is InChI=1S/C26H33ClN2O2S/c1-19-7-6-8-21(17-19)18-29(20(2)26(31)28-23-9-4-3-5-10-23)25(30)15-16-32-24-13-11-22(27)12-14-24/h6-8,11-14,17,20,23H,3-5,9-10,15-16,18H2,1-2H3,(H,28,31). The number of amides is 2. The van der Waals surface area contributed by atoms with Crippen LogP contribution in [0.1, 0.15) is 56.6 Å². The van der Waals surface area contributed by atoms with Crippen LogP contribution in [-0.4, -0.2) is 34.6 Å². The molecule has 1 aliphatic rings. The molecule has 0 saturated heterocycles. The number of rotatable bonds is 9. The molecule has 0 aromatic heterocycles. The number of nitrogens with one attached hydrogen (secondary N) is 1. The molecule has 32 heavy (non-hydrogen) atoms. The number of thioether (sulfide) groups is 1. The summed E-state index contributed by atoms with van der Waals surface area (Å²) in [5.41, 5.74) is 2.19. The van der Waals surface area contributed by atoms with Crippen LogP contribution in [-0.2, 0) is 16.1 Å². The predicted octanol–water partition coefficient (Wildman–Crippen LogP) is 6.00. The minimum Gasteiger partial charge on any atom is -0.352 e. The number of hydrogen-bond acceptors (Lipinski definition) is 3. The second-order valence-electron chi connectivity index (χ2n) is 8.58. The molecule has 1 saturated carbocycles. The molecule has 0 aliphatic heterocycles. The summed E-state index contributed by atoms with van der Waals surface area (Å²) in [7, 11) is 0. The highest BCUT2D eigenvalue weighted by molar-refractivity contribution is 7.99. The Bertz CT molecular complexity index is 897. The van der Waals surface area contributed by atoms with E-state index >= 15 is 0 Å². The van der Waals surface area contributed by atoms with Gasteiger partial charge in [-0.05, 0) is 56.5 Å². The fourth-order valence-corrected chi connectivity index (χ4v) is 5.06. The van der Waals surface area contributed by atoms with E-state index in [1.807, 2.05) is 56.3 Å². The fourth-order valence-electron chi connectivity index (χ4n) is 4.09. The SMILES string of the molecule is Cc1cccc(CN(C(=O)CCSc2ccc(Cl)cc2)C(C)C(=O)NC2CCCCC2)c1. The molecule has 2 aromatic carbocycles. The van der Waals surface area contributed by atoms with E-state index in [0.29, 0.717) is 23.7 Å². The average molecular weight is 473 g/mol. The summed E-state index contributed by atoms with van der Waals surface area (Å²) in [5, 5.41) is 3.89. The smallest absolute Gasteiger partial charge is 0.242 e. The molecule has 2 amide bonds. The summed E-state index contributed by atoms with van der Waals surface area (Å²) in [6.45, 7) is 4.32. The Morgan fingerprint density at radius 1 is 1.12 bits per heavy atom. The Morgan fingerprint density at radius 3 is 2.53 bits per heavy atom. The van der Waals surface area contributed by atoms with Gasteiger partial charge in [-0.25, -0.2) is 0 Å². The topological polar surface area (TPSA) is 49.4 Å². The molecule has 1 aliphatic carbocycles. The Kier molecular flexibility index (Phi) is 9.49. The molecule has 0 heterocycles. The second kappa shape index (κ2) is 12.3. The molecule has 3 rings (SSSR count). The summed E-state index contributed by atoms with van der Waals surface area (Å²) >= 11 is 7.58. The normalized spacial score (nSPS) is 15.2. The Hall–Kier alpha value is -1.98. The van der Waals surface area contributed by atoms with Crippen LogP contribution in [0.4, 0.5) is 0 Å². The third-order valence-electron chi connectivity index (χ3n) is 5.95. The lowest BCUT2D eigenvalue weighted by Crippen LogP contribution is -2.50. The summed E-state index contributed by atoms with van der Waals surface area (Å²) in [6, 6.07) is 15.5. The van der Waals surface area contributed by atoms with Crippen LogP contribution in [0.2, 0.25) is 5.02 Å². The van der Waals surface area contributed by atoms with Gasteiger partial charge in [0, 0.05) is 34.7 Å². The van der Waals surface area contributed by atoms with Gasteiger partial charge in [-0.15, -0.1) is 11.8 Å². The van der Waals surface area contributed by atoms with Gasteiger partial charge in [0.2, 0.25) is 11.8 Å². The zero-order valence-corrected chi connectivity index (χ0v) is 20.6. The van der Waals surface area contributed by atoms with Gasteiger partial charge < -0.3 is 10.2 Å². The number of nitrogens with zero attached hydrogens (tertiary/aromatic N) is 1. The van der Waals surface area contributed by atoms with Crippen LogP contribution < -0.4 is 5.32 Å². The third kappa shape index (κ3) is 7.56. The van der Waals surface area contributed by atoms with E-state index in [4.69, 9.17) is 11.6 Å². The van der Waals surface area contributed by atoms with Crippen molar-refractivity contribution in [3.63, 3.8) is 0 Å². The van der Waals surface area contributed by atoms with Crippen LogP contribution >= 0.6 is 23.4 Å². The summed E-state index contributed by atoms with van der Waals surface area (Å²) in [5.74, 6) is 0.601. The first kappa shape index (κ1) is 24.7. The van der Waals surface area contributed by atoms with Gasteiger partial charge in [0.05, 0.1) is 0 Å². The van der Waals surface area contributed by atoms with Crippen molar-refractivity contribution in [2.24, 2.45) is 0 Å². The second-order valence-corrected chi connectivity index (χ2v) is 10.2. The van der Waals surface area contributed by atoms with Gasteiger partial charge in [-0.2, -0.15) is 0 Å². The molecule has 4 nitrogen and oxygen atoms in total. The van der Waals surface area contributed by atoms with Crippen LogP contribution in [0.25, 0.3) is 0 Å². The van der Waals surface area contributed by atoms with Crippen molar-refractivity contribution in [1.82, 2.24) is 10.2 Å². The lowest BCUT2D eigenvalue weighted by molar-refractivity contribution is -0.140. The number of hydrogen-bond donors (Lipinski definition) is 1. The summed E-state index contributed by atoms with van der Waals surface area (Å²) in [4.78, 5) is 29.1. The van der Waals surface area contributed by atoms with E-state index in [2.05, 4.69) is 11.4 Å². The van der Waals surface area contributed by atoms with Crippen LogP contribution in [0, 0.1) is 6.92 Å². The molecular weight excluding hydrogens is 440 g/mol. The summed E-state index contributed by atoms with van der Waals surface area (Å²) < 4.78 is 0. The van der Waals surface area contributed by atoms with E-state index in [1.165, 1.54) is 6.42 Å². The first-order chi connectivity index (χ1) is 15.4. The molecule has 0 bridgehead atoms. The monoisotopic (exact) mass is 472 g/mol. The molecular formula is C26H33ClN2O2S. The number of carbonyl (C=O) groups excluding carboxylic acids is 2. The minimum absolute atomic E-state index is 0.000682. The maximum Gasteiger partial charge on any atom is 0.242 e. The molecule has 172 valence electrons. The zero-order valence-electron chi connectivity index (χ0n) is 19.0. The van der Waals surface area contributed by atoms with Crippen LogP contribution in [0.5, 0.6) is 0 Å². The van der Waals surface area contributed by atoms with Gasteiger partial charge in [-0.3, -0.25) is 9.59 Å². The van der Waals surface area contributed by atoms with Crippen molar-refractivity contribution < 1.29 is 9.59 Å². The van der Waals surface area contributed by atoms with Crippen molar-refractivity contribution in [2.45, 2.75) is 75.9 Å². The van der Waals surface area contributed by atoms with Crippen molar-refractivity contribution in [1.29, 1.82) is 0 Å². The van der Waals surface area contributed by atoms with E-state index in [1.54, 1.807) is 16.7 Å². The minimum atomic E-state index is -0.509. The van der Waals surface area contributed by atoms with E-state index in [0.717, 1.165) is 41.7 Å². The Labute approximate surface area is 201 Å². The molecule has 2 aromatic rings. The largest absolute Gasteiger partial charge is 0.352 e. The number of aryl methyl sites for hydroxylation is 1. The number of halogens is 1. The Morgan fingerprint density at radius 2 is 1.84 bits per heavy atom. The molecule has 1 unspecified atom stereocenters. The lowest BCUT2D eigenvalue weighted by Gasteiger charge is -2.31. The van der Waals surface area contributed by atoms with E-state index in [9.17, 15) is 9.59 Å². The highest BCUT2D eigenvalue weighted by Gasteiger charge is 2.27. The molecule has 1 fully saturated rings. The maximum absolute atomic E-state index is 13.2. The average Bonchev–Trinajstić information content (AvgIpc) is 2.79. The van der Waals surface area contributed by atoms with Crippen molar-refractivity contribution >= 4 is 35.2 Å². The third-order valence-corrected chi connectivity index (χ3v) is 7.22. The Balaban J connectivity index is 1.64.